The predicted octanol–water partition coefficient (Wildman–Crippen LogP) is 11.6. The summed E-state index contributed by atoms with van der Waals surface area (Å²) in [6.07, 6.45) is 18.7. The Morgan fingerprint density at radius 3 is 2.15 bits per heavy atom. The third-order valence-electron chi connectivity index (χ3n) is 8.42. The zero-order valence-corrected chi connectivity index (χ0v) is 30.4. The van der Waals surface area contributed by atoms with Gasteiger partial charge in [0.05, 0.1) is 0 Å². The van der Waals surface area contributed by atoms with E-state index in [1.165, 1.54) is 62.3 Å². The fourth-order valence-electron chi connectivity index (χ4n) is 5.64. The Kier molecular flexibility index (Phi) is 14.0. The van der Waals surface area contributed by atoms with Crippen molar-refractivity contribution < 1.29 is 4.39 Å². The van der Waals surface area contributed by atoms with E-state index in [1.54, 1.807) is 26.1 Å². The van der Waals surface area contributed by atoms with E-state index in [4.69, 9.17) is 9.98 Å². The number of guanidine groups is 1. The van der Waals surface area contributed by atoms with Crippen LogP contribution < -0.4 is 0 Å². The average Bonchev–Trinajstić information content (AvgIpc) is 3.01. The Hall–Kier alpha value is -4.84. The average molecular weight is 644 g/mol. The molecule has 0 bridgehead atoms. The highest BCUT2D eigenvalue weighted by atomic mass is 19.1. The first-order valence-electron chi connectivity index (χ1n) is 16.4. The van der Waals surface area contributed by atoms with E-state index in [-0.39, 0.29) is 5.96 Å². The van der Waals surface area contributed by atoms with Gasteiger partial charge in [0.1, 0.15) is 17.5 Å². The normalized spacial score (nSPS) is 20.0. The maximum absolute atomic E-state index is 15.0. The minimum Gasteiger partial charge on any atom is -0.238 e. The summed E-state index contributed by atoms with van der Waals surface area (Å²) in [4.78, 5) is 23.3. The van der Waals surface area contributed by atoms with Crippen LogP contribution in [0.15, 0.2) is 143 Å². The van der Waals surface area contributed by atoms with Crippen molar-refractivity contribution >= 4 is 35.1 Å². The second-order valence-electron chi connectivity index (χ2n) is 12.4. The van der Waals surface area contributed by atoms with Gasteiger partial charge in [-0.05, 0) is 150 Å². The van der Waals surface area contributed by atoms with Gasteiger partial charge in [0.2, 0.25) is 0 Å². The van der Waals surface area contributed by atoms with Crippen LogP contribution in [-0.4, -0.2) is 29.6 Å². The van der Waals surface area contributed by atoms with Crippen molar-refractivity contribution in [2.24, 2.45) is 25.0 Å². The van der Waals surface area contributed by atoms with Gasteiger partial charge < -0.3 is 0 Å². The van der Waals surface area contributed by atoms with E-state index in [9.17, 15) is 0 Å². The molecule has 0 saturated carbocycles. The molecule has 0 amide bonds. The molecule has 1 aliphatic heterocycles. The molecule has 0 aromatic heterocycles. The highest BCUT2D eigenvalue weighted by Crippen LogP contribution is 2.38. The lowest BCUT2D eigenvalue weighted by atomic mass is 9.82. The zero-order valence-electron chi connectivity index (χ0n) is 30.4. The van der Waals surface area contributed by atoms with E-state index in [0.717, 1.165) is 18.4 Å². The summed E-state index contributed by atoms with van der Waals surface area (Å²) in [5.41, 5.74) is 13.1. The van der Waals surface area contributed by atoms with Crippen LogP contribution in [0, 0.1) is 13.8 Å². The van der Waals surface area contributed by atoms with Crippen molar-refractivity contribution in [1.29, 1.82) is 0 Å². The third-order valence-corrected chi connectivity index (χ3v) is 8.42. The first kappa shape index (κ1) is 37.6. The molecule has 48 heavy (non-hydrogen) atoms. The molecule has 3 rings (SSSR count). The fraction of sp³-hybridized carbons (Fsp3) is 0.310. The second kappa shape index (κ2) is 17.9. The molecule has 0 radical (unpaired) electrons. The monoisotopic (exact) mass is 643 g/mol. The summed E-state index contributed by atoms with van der Waals surface area (Å²) in [5, 5.41) is 0. The number of hydrogen-bond acceptors (Lipinski definition) is 5. The fourth-order valence-corrected chi connectivity index (χ4v) is 5.64. The van der Waals surface area contributed by atoms with Crippen molar-refractivity contribution in [3.05, 3.63) is 135 Å². The quantitative estimate of drug-likeness (QED) is 0.200. The van der Waals surface area contributed by atoms with Crippen molar-refractivity contribution in [1.82, 2.24) is 0 Å². The van der Waals surface area contributed by atoms with Gasteiger partial charge in [-0.25, -0.2) is 24.4 Å². The Bertz CT molecular complexity index is 1820. The van der Waals surface area contributed by atoms with Crippen molar-refractivity contribution in [3.8, 4) is 0 Å². The molecular formula is C42H50FN5. The molecule has 1 heterocycles. The molecule has 6 heteroatoms. The standard InChI is InChI=1S/C42H50FN5/c1-12-13-17-27(2)34(9)35(10)28(3)21-16-23-44-42-46-33(8)25-38(43)24-32(7)45-39(47-36(11)48-42)26-37-22-15-20-31(6)41(37)40-29(4)18-14-19-30(40)5/h12-14,16-19,21-25H,1,15,20,26H2,2-11H3/b17-13-,21-16-,32-24+,33-25?,34-27+,35-28+,38-24?,38-25+,44-23+,45-32?,45-39?,46-33?,46-42?,47-36?,47-39?,48-36?,48-42?. The SMILES string of the molecule is C=C\C=C/C(C)=C(C)/C(C)=C(C)/C=C\C=N\C1=NC(C)=NC(CC2=CCCC(C)=C2c2c(C)cccc2C)=N/C(C)=C/C(F)=C\C(C)=N1. The molecule has 0 fully saturated rings. The molecule has 0 atom stereocenters. The molecular weight excluding hydrogens is 593 g/mol. The summed E-state index contributed by atoms with van der Waals surface area (Å²) < 4.78 is 15.0. The molecule has 0 unspecified atom stereocenters. The predicted molar refractivity (Wildman–Crippen MR) is 208 cm³/mol. The highest BCUT2D eigenvalue weighted by Gasteiger charge is 2.20. The van der Waals surface area contributed by atoms with Crippen LogP contribution in [0.4, 0.5) is 4.39 Å². The van der Waals surface area contributed by atoms with Gasteiger partial charge in [0.15, 0.2) is 0 Å². The lowest BCUT2D eigenvalue weighted by molar-refractivity contribution is 0.666. The summed E-state index contributed by atoms with van der Waals surface area (Å²) in [7, 11) is 0. The minimum atomic E-state index is -0.455. The summed E-state index contributed by atoms with van der Waals surface area (Å²) >= 11 is 0. The first-order valence-corrected chi connectivity index (χ1v) is 16.4. The molecule has 5 nitrogen and oxygen atoms in total. The Morgan fingerprint density at radius 1 is 0.854 bits per heavy atom. The van der Waals surface area contributed by atoms with Crippen LogP contribution in [0.2, 0.25) is 0 Å². The van der Waals surface area contributed by atoms with Gasteiger partial charge in [-0.3, -0.25) is 0 Å². The minimum absolute atomic E-state index is 0.173. The van der Waals surface area contributed by atoms with Crippen LogP contribution in [0.3, 0.4) is 0 Å². The van der Waals surface area contributed by atoms with Crippen molar-refractivity contribution in [2.45, 2.75) is 88.5 Å². The van der Waals surface area contributed by atoms with Gasteiger partial charge in [0, 0.05) is 24.0 Å². The largest absolute Gasteiger partial charge is 0.251 e. The molecule has 1 aromatic carbocycles. The van der Waals surface area contributed by atoms with E-state index < -0.39 is 5.83 Å². The Balaban J connectivity index is 2.01. The van der Waals surface area contributed by atoms with E-state index >= 15 is 4.39 Å². The Labute approximate surface area is 287 Å². The van der Waals surface area contributed by atoms with E-state index in [2.05, 4.69) is 100 Å². The molecule has 0 N–H and O–H groups in total. The van der Waals surface area contributed by atoms with Crippen LogP contribution >= 0.6 is 0 Å². The topological polar surface area (TPSA) is 61.8 Å². The number of hydrogen-bond donors (Lipinski definition) is 0. The smallest absolute Gasteiger partial charge is 0.238 e. The maximum Gasteiger partial charge on any atom is 0.251 e. The van der Waals surface area contributed by atoms with E-state index in [1.807, 2.05) is 25.2 Å². The Morgan fingerprint density at radius 2 is 1.50 bits per heavy atom. The molecule has 1 aliphatic carbocycles. The van der Waals surface area contributed by atoms with Gasteiger partial charge in [-0.2, -0.15) is 4.99 Å². The summed E-state index contributed by atoms with van der Waals surface area (Å²) in [5.74, 6) is 0.723. The van der Waals surface area contributed by atoms with Crippen LogP contribution in [-0.2, 0) is 0 Å². The number of nitrogens with zero attached hydrogens (tertiary/aromatic N) is 5. The number of amidine groups is 2. The van der Waals surface area contributed by atoms with Crippen molar-refractivity contribution in [3.63, 3.8) is 0 Å². The van der Waals surface area contributed by atoms with Crippen molar-refractivity contribution in [2.75, 3.05) is 0 Å². The van der Waals surface area contributed by atoms with Gasteiger partial charge in [0.25, 0.3) is 5.96 Å². The van der Waals surface area contributed by atoms with Gasteiger partial charge in [-0.15, -0.1) is 0 Å². The van der Waals surface area contributed by atoms with Crippen LogP contribution in [0.1, 0.15) is 91.3 Å². The molecule has 2 aliphatic rings. The van der Waals surface area contributed by atoms with Crippen LogP contribution in [0.25, 0.3) is 5.57 Å². The second-order valence-corrected chi connectivity index (χ2v) is 12.4. The molecule has 1 aromatic rings. The summed E-state index contributed by atoms with van der Waals surface area (Å²) in [6.45, 7) is 23.9. The maximum atomic E-state index is 15.0. The number of benzene rings is 1. The van der Waals surface area contributed by atoms with Crippen LogP contribution in [0.5, 0.6) is 0 Å². The number of allylic oxidation sites excluding steroid dienone is 16. The lowest BCUT2D eigenvalue weighted by Gasteiger charge is -2.24. The number of aryl methyl sites for hydroxylation is 2. The summed E-state index contributed by atoms with van der Waals surface area (Å²) in [6, 6.07) is 6.40. The van der Waals surface area contributed by atoms with Gasteiger partial charge in [-0.1, -0.05) is 60.7 Å². The molecule has 0 saturated heterocycles. The first-order chi connectivity index (χ1) is 22.8. The lowest BCUT2D eigenvalue weighted by Crippen LogP contribution is -2.09. The van der Waals surface area contributed by atoms with E-state index in [0.29, 0.717) is 29.5 Å². The number of rotatable bonds is 8. The van der Waals surface area contributed by atoms with Gasteiger partial charge >= 0.3 is 0 Å². The molecule has 250 valence electrons. The third kappa shape index (κ3) is 10.9. The molecule has 0 spiro atoms. The number of aliphatic imine (C=N–C) groups is 5. The zero-order chi connectivity index (χ0) is 35.4. The number of halogens is 1. The highest BCUT2D eigenvalue weighted by molar-refractivity contribution is 6.09.